The van der Waals surface area contributed by atoms with Crippen LogP contribution in [0, 0.1) is 17.3 Å². The van der Waals surface area contributed by atoms with Crippen LogP contribution in [0.3, 0.4) is 0 Å². The zero-order valence-electron chi connectivity index (χ0n) is 12.1. The molecule has 1 unspecified atom stereocenters. The lowest BCUT2D eigenvalue weighted by Crippen LogP contribution is -2.61. The van der Waals surface area contributed by atoms with Crippen molar-refractivity contribution < 1.29 is 15.3 Å². The quantitative estimate of drug-likeness (QED) is 0.673. The molecule has 0 aromatic carbocycles. The van der Waals surface area contributed by atoms with Crippen molar-refractivity contribution in [3.63, 3.8) is 0 Å². The van der Waals surface area contributed by atoms with Gasteiger partial charge in [-0.3, -0.25) is 0 Å². The first-order valence-electron chi connectivity index (χ1n) is 7.25. The van der Waals surface area contributed by atoms with Crippen molar-refractivity contribution in [3.8, 4) is 0 Å². The molecular weight excluding hydrogens is 228 g/mol. The van der Waals surface area contributed by atoms with E-state index in [0.29, 0.717) is 19.3 Å². The van der Waals surface area contributed by atoms with Crippen molar-refractivity contribution in [1.29, 1.82) is 0 Å². The molecule has 0 aliphatic heterocycles. The number of fused-ring (bicyclic) bond motifs is 1. The van der Waals surface area contributed by atoms with Crippen LogP contribution in [-0.2, 0) is 0 Å². The lowest BCUT2D eigenvalue weighted by molar-refractivity contribution is -0.208. The van der Waals surface area contributed by atoms with Crippen LogP contribution in [0.15, 0.2) is 0 Å². The number of aliphatic hydroxyl groups is 3. The Hall–Kier alpha value is -0.120. The number of hydrogen-bond donors (Lipinski definition) is 3. The predicted molar refractivity (Wildman–Crippen MR) is 71.1 cm³/mol. The average molecular weight is 256 g/mol. The molecule has 2 fully saturated rings. The lowest BCUT2D eigenvalue weighted by atomic mass is 9.50. The van der Waals surface area contributed by atoms with Crippen molar-refractivity contribution in [2.75, 3.05) is 0 Å². The fourth-order valence-corrected chi connectivity index (χ4v) is 4.14. The summed E-state index contributed by atoms with van der Waals surface area (Å²) in [6.07, 6.45) is 3.07. The summed E-state index contributed by atoms with van der Waals surface area (Å²) in [5, 5.41) is 31.7. The van der Waals surface area contributed by atoms with Gasteiger partial charge < -0.3 is 15.3 Å². The molecule has 0 amide bonds. The minimum absolute atomic E-state index is 0.0186. The maximum absolute atomic E-state index is 10.7. The first kappa shape index (κ1) is 14.3. The van der Waals surface area contributed by atoms with E-state index < -0.39 is 11.2 Å². The smallest absolute Gasteiger partial charge is 0.0674 e. The summed E-state index contributed by atoms with van der Waals surface area (Å²) in [5.74, 6) is 0.173. The monoisotopic (exact) mass is 256 g/mol. The average Bonchev–Trinajstić information content (AvgIpc) is 2.27. The maximum atomic E-state index is 10.7. The Morgan fingerprint density at radius 2 is 1.67 bits per heavy atom. The Morgan fingerprint density at radius 3 is 2.22 bits per heavy atom. The molecule has 106 valence electrons. The van der Waals surface area contributed by atoms with Gasteiger partial charge in [-0.1, -0.05) is 20.8 Å². The van der Waals surface area contributed by atoms with Crippen molar-refractivity contribution in [2.24, 2.45) is 17.3 Å². The molecule has 5 atom stereocenters. The molecule has 18 heavy (non-hydrogen) atoms. The highest BCUT2D eigenvalue weighted by Crippen LogP contribution is 2.57. The van der Waals surface area contributed by atoms with Crippen LogP contribution < -0.4 is 0 Å². The van der Waals surface area contributed by atoms with Gasteiger partial charge in [0.2, 0.25) is 0 Å². The molecule has 0 aromatic heterocycles. The van der Waals surface area contributed by atoms with Gasteiger partial charge in [0.05, 0.1) is 17.3 Å². The highest BCUT2D eigenvalue weighted by atomic mass is 16.3. The van der Waals surface area contributed by atoms with Crippen LogP contribution in [0.2, 0.25) is 0 Å². The standard InChI is InChI=1S/C15H28O3/c1-10(2)15(18)8-7-13(3)11(9-15)14(4,17)6-5-12(13)16/h10-12,16-18H,5-9H2,1-4H3/t11?,12-,13-,14+,15+/m1/s1. The number of rotatable bonds is 1. The topological polar surface area (TPSA) is 60.7 Å². The molecule has 0 spiro atoms. The van der Waals surface area contributed by atoms with Crippen molar-refractivity contribution in [2.45, 2.75) is 77.1 Å². The van der Waals surface area contributed by atoms with E-state index in [1.807, 2.05) is 20.8 Å². The van der Waals surface area contributed by atoms with Gasteiger partial charge in [0.25, 0.3) is 0 Å². The van der Waals surface area contributed by atoms with Gasteiger partial charge in [-0.05, 0) is 56.3 Å². The van der Waals surface area contributed by atoms with Gasteiger partial charge in [-0.25, -0.2) is 0 Å². The van der Waals surface area contributed by atoms with Crippen LogP contribution in [-0.4, -0.2) is 32.6 Å². The van der Waals surface area contributed by atoms with E-state index in [0.717, 1.165) is 12.8 Å². The van der Waals surface area contributed by atoms with Gasteiger partial charge >= 0.3 is 0 Å². The second-order valence-electron chi connectivity index (χ2n) is 7.43. The first-order valence-corrected chi connectivity index (χ1v) is 7.25. The minimum Gasteiger partial charge on any atom is -0.393 e. The lowest BCUT2D eigenvalue weighted by Gasteiger charge is -2.58. The van der Waals surface area contributed by atoms with Gasteiger partial charge in [0.15, 0.2) is 0 Å². The largest absolute Gasteiger partial charge is 0.393 e. The predicted octanol–water partition coefficient (Wildman–Crippen LogP) is 2.09. The summed E-state index contributed by atoms with van der Waals surface area (Å²) in [6, 6.07) is 0. The van der Waals surface area contributed by atoms with Gasteiger partial charge in [-0.2, -0.15) is 0 Å². The molecule has 0 heterocycles. The molecular formula is C15H28O3. The van der Waals surface area contributed by atoms with E-state index in [1.165, 1.54) is 0 Å². The summed E-state index contributed by atoms with van der Waals surface area (Å²) < 4.78 is 0. The summed E-state index contributed by atoms with van der Waals surface area (Å²) in [6.45, 7) is 8.02. The third-order valence-corrected chi connectivity index (χ3v) is 5.96. The number of hydrogen-bond acceptors (Lipinski definition) is 3. The Bertz CT molecular complexity index is 326. The molecule has 3 N–H and O–H groups in total. The molecule has 2 saturated carbocycles. The van der Waals surface area contributed by atoms with Gasteiger partial charge in [0, 0.05) is 0 Å². The molecule has 3 nitrogen and oxygen atoms in total. The molecule has 0 saturated heterocycles. The summed E-state index contributed by atoms with van der Waals surface area (Å²) in [7, 11) is 0. The molecule has 0 aromatic rings. The van der Waals surface area contributed by atoms with E-state index in [2.05, 4.69) is 6.92 Å². The molecule has 2 aliphatic rings. The summed E-state index contributed by atoms with van der Waals surface area (Å²) in [4.78, 5) is 0. The molecule has 3 heteroatoms. The van der Waals surface area contributed by atoms with E-state index in [-0.39, 0.29) is 23.4 Å². The molecule has 0 bridgehead atoms. The van der Waals surface area contributed by atoms with Crippen LogP contribution in [0.25, 0.3) is 0 Å². The summed E-state index contributed by atoms with van der Waals surface area (Å²) >= 11 is 0. The zero-order valence-corrected chi connectivity index (χ0v) is 12.1. The van der Waals surface area contributed by atoms with Crippen LogP contribution in [0.4, 0.5) is 0 Å². The van der Waals surface area contributed by atoms with Gasteiger partial charge in [0.1, 0.15) is 0 Å². The molecule has 2 rings (SSSR count). The Kier molecular flexibility index (Phi) is 3.33. The van der Waals surface area contributed by atoms with E-state index in [1.54, 1.807) is 0 Å². The fraction of sp³-hybridized carbons (Fsp3) is 1.00. The minimum atomic E-state index is -0.767. The SMILES string of the molecule is CC(C)[C@]1(O)CC[C@]2(C)C(C1)[C@@](C)(O)CC[C@H]2O. The third-order valence-electron chi connectivity index (χ3n) is 5.96. The molecule has 0 radical (unpaired) electrons. The van der Waals surface area contributed by atoms with Crippen molar-refractivity contribution >= 4 is 0 Å². The van der Waals surface area contributed by atoms with Crippen LogP contribution in [0.5, 0.6) is 0 Å². The Balaban J connectivity index is 2.32. The highest BCUT2D eigenvalue weighted by molar-refractivity contribution is 5.08. The van der Waals surface area contributed by atoms with Crippen molar-refractivity contribution in [3.05, 3.63) is 0 Å². The molecule has 2 aliphatic carbocycles. The Morgan fingerprint density at radius 1 is 1.06 bits per heavy atom. The maximum Gasteiger partial charge on any atom is 0.0674 e. The van der Waals surface area contributed by atoms with E-state index >= 15 is 0 Å². The van der Waals surface area contributed by atoms with E-state index in [4.69, 9.17) is 0 Å². The second kappa shape index (κ2) is 4.19. The second-order valence-corrected chi connectivity index (χ2v) is 7.43. The Labute approximate surface area is 110 Å². The van der Waals surface area contributed by atoms with Crippen LogP contribution in [0.1, 0.15) is 59.8 Å². The fourth-order valence-electron chi connectivity index (χ4n) is 4.14. The van der Waals surface area contributed by atoms with E-state index in [9.17, 15) is 15.3 Å². The first-order chi connectivity index (χ1) is 8.12. The van der Waals surface area contributed by atoms with Gasteiger partial charge in [-0.15, -0.1) is 0 Å². The third kappa shape index (κ3) is 2.00. The van der Waals surface area contributed by atoms with Crippen LogP contribution >= 0.6 is 0 Å². The summed E-state index contributed by atoms with van der Waals surface area (Å²) in [5.41, 5.74) is -1.70. The number of aliphatic hydroxyl groups excluding tert-OH is 1. The highest BCUT2D eigenvalue weighted by Gasteiger charge is 2.58. The zero-order chi connectivity index (χ0) is 13.8. The normalized spacial score (nSPS) is 53.3. The van der Waals surface area contributed by atoms with Crippen molar-refractivity contribution in [1.82, 2.24) is 0 Å².